The highest BCUT2D eigenvalue weighted by molar-refractivity contribution is 6.61. The van der Waals surface area contributed by atoms with Gasteiger partial charge in [-0.3, -0.25) is 0 Å². The molecule has 0 saturated carbocycles. The van der Waals surface area contributed by atoms with Crippen molar-refractivity contribution in [2.75, 3.05) is 54.7 Å². The van der Waals surface area contributed by atoms with Crippen LogP contribution in [0.15, 0.2) is 109 Å². The Kier molecular flexibility index (Phi) is 19.7. The summed E-state index contributed by atoms with van der Waals surface area (Å²) < 4.78 is 29.7. The lowest BCUT2D eigenvalue weighted by atomic mass is 9.99. The van der Waals surface area contributed by atoms with Gasteiger partial charge in [-0.05, 0) is 46.5 Å². The van der Waals surface area contributed by atoms with Crippen molar-refractivity contribution < 1.29 is 47.6 Å². The first-order valence-corrected chi connectivity index (χ1v) is 16.0. The van der Waals surface area contributed by atoms with Crippen LogP contribution in [-0.4, -0.2) is 78.2 Å². The number of esters is 2. The molecule has 4 aromatic carbocycles. The molecule has 3 N–H and O–H groups in total. The summed E-state index contributed by atoms with van der Waals surface area (Å²) in [5.74, 6) is -0.761. The number of hydrogen-bond donors (Lipinski definition) is 2. The average Bonchev–Trinajstić information content (AvgIpc) is 3.18. The van der Waals surface area contributed by atoms with Crippen LogP contribution in [0.2, 0.25) is 0 Å². The van der Waals surface area contributed by atoms with E-state index >= 15 is 0 Å². The number of benzene rings is 4. The van der Waals surface area contributed by atoms with E-state index in [1.54, 1.807) is 30.3 Å². The van der Waals surface area contributed by atoms with E-state index in [9.17, 15) is 19.2 Å². The van der Waals surface area contributed by atoms with Gasteiger partial charge in [0.2, 0.25) is 0 Å². The van der Waals surface area contributed by atoms with Gasteiger partial charge < -0.3 is 39.5 Å². The van der Waals surface area contributed by atoms with Crippen molar-refractivity contribution in [3.63, 3.8) is 0 Å². The molecule has 0 aliphatic rings. The number of carbonyl (C=O) groups excluding carboxylic acids is 4. The molecule has 272 valence electrons. The summed E-state index contributed by atoms with van der Waals surface area (Å²) in [5, 5.41) is 2.57. The predicted octanol–water partition coefficient (Wildman–Crippen LogP) is 6.46. The molecule has 4 rings (SSSR count). The number of ether oxygens (including phenoxy) is 6. The van der Waals surface area contributed by atoms with Gasteiger partial charge in [-0.2, -0.15) is 0 Å². The number of nitrogens with two attached hydrogens (primary N) is 1. The van der Waals surface area contributed by atoms with E-state index in [1.165, 1.54) is 28.4 Å². The summed E-state index contributed by atoms with van der Waals surface area (Å²) in [4.78, 5) is 43.9. The Labute approximate surface area is 302 Å². The number of rotatable bonds is 13. The third kappa shape index (κ3) is 15.0. The first-order chi connectivity index (χ1) is 24.7. The summed E-state index contributed by atoms with van der Waals surface area (Å²) in [6.45, 7) is 1.49. The molecule has 2 atom stereocenters. The molecule has 0 radical (unpaired) electrons. The first kappa shape index (κ1) is 41.9. The SMILES string of the molecule is COC(=O)Cl.COC(=O)NCCOC(c1ccccc1)c1cccc(C(=O)OC)c1.COC(=O)c1cccc(C(OCCN)c2ccccc2)c1. The Morgan fingerprint density at radius 1 is 0.588 bits per heavy atom. The molecule has 51 heavy (non-hydrogen) atoms. The second kappa shape index (κ2) is 24.0. The van der Waals surface area contributed by atoms with Gasteiger partial charge in [-0.1, -0.05) is 84.9 Å². The minimum atomic E-state index is -0.773. The normalized spacial score (nSPS) is 11.2. The lowest BCUT2D eigenvalue weighted by molar-refractivity contribution is 0.0590. The molecule has 0 aromatic heterocycles. The number of nitrogens with one attached hydrogen (secondary N) is 1. The zero-order chi connectivity index (χ0) is 37.4. The Morgan fingerprint density at radius 2 is 1.00 bits per heavy atom. The molecule has 1 amide bonds. The molecule has 13 heteroatoms. The smallest absolute Gasteiger partial charge is 0.406 e. The lowest BCUT2D eigenvalue weighted by Crippen LogP contribution is -2.27. The molecular formula is C38H43ClN2O10. The van der Waals surface area contributed by atoms with E-state index in [1.807, 2.05) is 78.9 Å². The number of methoxy groups -OCH3 is 4. The van der Waals surface area contributed by atoms with Crippen molar-refractivity contribution in [3.8, 4) is 0 Å². The third-order valence-electron chi connectivity index (χ3n) is 6.83. The van der Waals surface area contributed by atoms with Crippen LogP contribution in [0.3, 0.4) is 0 Å². The highest BCUT2D eigenvalue weighted by Gasteiger charge is 2.18. The quantitative estimate of drug-likeness (QED) is 0.0674. The van der Waals surface area contributed by atoms with Crippen molar-refractivity contribution in [2.24, 2.45) is 5.73 Å². The molecule has 0 saturated heterocycles. The van der Waals surface area contributed by atoms with Gasteiger partial charge in [0.05, 0.1) is 52.8 Å². The van der Waals surface area contributed by atoms with Crippen molar-refractivity contribution in [3.05, 3.63) is 143 Å². The standard InChI is InChI=1S/C19H21NO5.C17H19NO3.C2H3ClO2/c1-23-18(21)16-10-6-9-15(13-16)17(14-7-4-3-5-8-14)25-12-11-20-19(22)24-2;1-20-17(19)15-9-5-8-14(12-15)16(21-11-10-18)13-6-3-2-4-7-13;1-5-2(3)4/h3-10,13,17H,11-12H2,1-2H3,(H,20,22);2-9,12,16H,10-11,18H2,1H3;1H3. The van der Waals surface area contributed by atoms with E-state index in [0.717, 1.165) is 22.3 Å². The van der Waals surface area contributed by atoms with Crippen molar-refractivity contribution in [1.29, 1.82) is 0 Å². The summed E-state index contributed by atoms with van der Waals surface area (Å²) in [7, 11) is 5.24. The van der Waals surface area contributed by atoms with Crippen LogP contribution >= 0.6 is 11.6 Å². The molecule has 0 bridgehead atoms. The van der Waals surface area contributed by atoms with Crippen LogP contribution in [-0.2, 0) is 28.4 Å². The third-order valence-corrected chi connectivity index (χ3v) is 6.98. The highest BCUT2D eigenvalue weighted by atomic mass is 35.5. The van der Waals surface area contributed by atoms with Gasteiger partial charge in [0.25, 0.3) is 0 Å². The van der Waals surface area contributed by atoms with Gasteiger partial charge >= 0.3 is 23.5 Å². The maximum Gasteiger partial charge on any atom is 0.406 e. The van der Waals surface area contributed by atoms with Crippen LogP contribution < -0.4 is 11.1 Å². The van der Waals surface area contributed by atoms with Gasteiger partial charge in [0.15, 0.2) is 0 Å². The van der Waals surface area contributed by atoms with E-state index < -0.39 is 17.5 Å². The Bertz CT molecular complexity index is 1640. The van der Waals surface area contributed by atoms with E-state index in [0.29, 0.717) is 30.8 Å². The van der Waals surface area contributed by atoms with Crippen LogP contribution in [0.1, 0.15) is 55.2 Å². The fourth-order valence-corrected chi connectivity index (χ4v) is 4.51. The summed E-state index contributed by atoms with van der Waals surface area (Å²) in [6.07, 6.45) is -1.13. The Morgan fingerprint density at radius 3 is 1.37 bits per heavy atom. The lowest BCUT2D eigenvalue weighted by Gasteiger charge is -2.19. The van der Waals surface area contributed by atoms with Crippen molar-refractivity contribution >= 4 is 35.1 Å². The zero-order valence-corrected chi connectivity index (χ0v) is 29.7. The van der Waals surface area contributed by atoms with Gasteiger partial charge in [0.1, 0.15) is 12.2 Å². The van der Waals surface area contributed by atoms with Gasteiger partial charge in [0, 0.05) is 24.7 Å². The molecule has 4 aromatic rings. The molecule has 2 unspecified atom stereocenters. The highest BCUT2D eigenvalue weighted by Crippen LogP contribution is 2.28. The minimum Gasteiger partial charge on any atom is -0.465 e. The topological polar surface area (TPSA) is 162 Å². The van der Waals surface area contributed by atoms with Crippen LogP contribution in [0.25, 0.3) is 0 Å². The molecule has 0 aliphatic heterocycles. The Balaban J connectivity index is 0.000000316. The molecular weight excluding hydrogens is 680 g/mol. The van der Waals surface area contributed by atoms with Gasteiger partial charge in [-0.15, -0.1) is 0 Å². The molecule has 0 aliphatic carbocycles. The first-order valence-electron chi connectivity index (χ1n) is 15.6. The maximum absolute atomic E-state index is 11.8. The van der Waals surface area contributed by atoms with Crippen LogP contribution in [0, 0.1) is 0 Å². The van der Waals surface area contributed by atoms with Crippen molar-refractivity contribution in [2.45, 2.75) is 12.2 Å². The summed E-state index contributed by atoms with van der Waals surface area (Å²) in [6, 6.07) is 33.9. The number of hydrogen-bond acceptors (Lipinski definition) is 11. The number of alkyl carbamates (subject to hydrolysis) is 1. The number of carbonyl (C=O) groups is 4. The summed E-state index contributed by atoms with van der Waals surface area (Å²) >= 11 is 4.60. The largest absolute Gasteiger partial charge is 0.465 e. The van der Waals surface area contributed by atoms with E-state index in [-0.39, 0.29) is 24.8 Å². The number of amides is 1. The Hall–Kier alpha value is -5.27. The fraction of sp³-hybridized carbons (Fsp3) is 0.263. The molecule has 12 nitrogen and oxygen atoms in total. The number of halogens is 1. The molecule has 0 spiro atoms. The molecule has 0 heterocycles. The second-order valence-corrected chi connectivity index (χ2v) is 10.5. The van der Waals surface area contributed by atoms with E-state index in [2.05, 4.69) is 26.4 Å². The van der Waals surface area contributed by atoms with Crippen LogP contribution in [0.4, 0.5) is 9.59 Å². The monoisotopic (exact) mass is 722 g/mol. The fourth-order valence-electron chi connectivity index (χ4n) is 4.51. The molecule has 0 fully saturated rings. The average molecular weight is 723 g/mol. The van der Waals surface area contributed by atoms with Crippen molar-refractivity contribution in [1.82, 2.24) is 5.32 Å². The minimum absolute atomic E-state index is 0.251. The van der Waals surface area contributed by atoms with E-state index in [4.69, 9.17) is 24.7 Å². The summed E-state index contributed by atoms with van der Waals surface area (Å²) in [5.41, 5.74) is 9.42. The zero-order valence-electron chi connectivity index (χ0n) is 28.9. The second-order valence-electron chi connectivity index (χ2n) is 10.2. The van der Waals surface area contributed by atoms with Crippen LogP contribution in [0.5, 0.6) is 0 Å². The predicted molar refractivity (Wildman–Crippen MR) is 192 cm³/mol. The van der Waals surface area contributed by atoms with Gasteiger partial charge in [-0.25, -0.2) is 19.2 Å². The maximum atomic E-state index is 11.8.